The molecule has 0 atom stereocenters. The average molecular weight is 345 g/mol. The van der Waals surface area contributed by atoms with Crippen molar-refractivity contribution in [2.24, 2.45) is 7.05 Å². The van der Waals surface area contributed by atoms with E-state index in [1.165, 1.54) is 0 Å². The molecule has 0 aromatic carbocycles. The lowest BCUT2D eigenvalue weighted by Crippen LogP contribution is -2.34. The number of aliphatic carboxylic acids is 2. The van der Waals surface area contributed by atoms with Gasteiger partial charge in [-0.15, -0.1) is 0 Å². The summed E-state index contributed by atoms with van der Waals surface area (Å²) in [6.45, 7) is 6.72. The number of hydrogen-bond donors (Lipinski definition) is 2. The van der Waals surface area contributed by atoms with E-state index < -0.39 is 22.8 Å². The molecule has 0 aliphatic carbocycles. The van der Waals surface area contributed by atoms with Crippen LogP contribution in [0.1, 0.15) is 38.8 Å². The van der Waals surface area contributed by atoms with Crippen LogP contribution in [-0.4, -0.2) is 27.1 Å². The lowest BCUT2D eigenvalue weighted by molar-refractivity contribution is -0.672. The molecule has 0 radical (unpaired) electrons. The third-order valence-electron chi connectivity index (χ3n) is 4.11. The number of aromatic nitrogens is 2. The van der Waals surface area contributed by atoms with E-state index in [1.807, 2.05) is 36.1 Å². The molecule has 2 aromatic rings. The number of carboxylic acid groups (broad SMARTS) is 2. The highest BCUT2D eigenvalue weighted by Crippen LogP contribution is 2.22. The molecular weight excluding hydrogens is 320 g/mol. The number of nitrogens with zero attached hydrogens (tertiary/aromatic N) is 2. The molecule has 2 heterocycles. The minimum absolute atomic E-state index is 0.720. The first-order chi connectivity index (χ1) is 11.5. The zero-order chi connectivity index (χ0) is 19.3. The number of carbonyl (C=O) groups is 2. The number of aryl methyl sites for hydroxylation is 1. The normalized spacial score (nSPS) is 11.2. The third-order valence-corrected chi connectivity index (χ3v) is 4.11. The van der Waals surface area contributed by atoms with Crippen LogP contribution in [0.4, 0.5) is 0 Å². The Labute approximate surface area is 147 Å². The summed E-state index contributed by atoms with van der Waals surface area (Å²) >= 11 is 0. The Kier molecular flexibility index (Phi) is 6.39. The quantitative estimate of drug-likeness (QED) is 0.830. The molecule has 2 rings (SSSR count). The summed E-state index contributed by atoms with van der Waals surface area (Å²) in [5, 5.41) is 17.8. The standard InChI is InChI=1S/C10H13NO2.C9H11NO2/c1-10(2,9(12)13)8-5-4-6-11(3)7-8;1-9(2,8(11)12)7-4-3-5-10-6-7/h4-7H,1-3H3;3-6H,1-2H3,(H,11,12)/p+1. The predicted octanol–water partition coefficient (Wildman–Crippen LogP) is 2.32. The second kappa shape index (κ2) is 7.88. The third kappa shape index (κ3) is 5.11. The smallest absolute Gasteiger partial charge is 0.313 e. The van der Waals surface area contributed by atoms with Crippen molar-refractivity contribution in [3.8, 4) is 0 Å². The van der Waals surface area contributed by atoms with E-state index in [1.54, 1.807) is 52.2 Å². The Bertz CT molecular complexity index is 740. The van der Waals surface area contributed by atoms with Crippen LogP contribution < -0.4 is 4.57 Å². The minimum Gasteiger partial charge on any atom is -0.481 e. The maximum atomic E-state index is 10.9. The van der Waals surface area contributed by atoms with Gasteiger partial charge in [-0.3, -0.25) is 14.6 Å². The van der Waals surface area contributed by atoms with Gasteiger partial charge in [-0.25, -0.2) is 4.57 Å². The summed E-state index contributed by atoms with van der Waals surface area (Å²) in [4.78, 5) is 25.6. The summed E-state index contributed by atoms with van der Waals surface area (Å²) in [5.74, 6) is -1.64. The van der Waals surface area contributed by atoms with Gasteiger partial charge in [-0.05, 0) is 45.4 Å². The second-order valence-corrected chi connectivity index (χ2v) is 6.86. The largest absolute Gasteiger partial charge is 0.481 e. The zero-order valence-corrected chi connectivity index (χ0v) is 15.2. The number of hydrogen-bond acceptors (Lipinski definition) is 3. The Morgan fingerprint density at radius 1 is 0.960 bits per heavy atom. The number of carboxylic acids is 2. The SMILES string of the molecule is CC(C)(C(=O)O)c1cccnc1.C[n+]1cccc(C(C)(C)C(=O)O)c1. The topological polar surface area (TPSA) is 91.4 Å². The summed E-state index contributed by atoms with van der Waals surface area (Å²) < 4.78 is 1.85. The highest BCUT2D eigenvalue weighted by atomic mass is 16.4. The summed E-state index contributed by atoms with van der Waals surface area (Å²) in [6, 6.07) is 7.18. The highest BCUT2D eigenvalue weighted by Gasteiger charge is 2.31. The first-order valence-corrected chi connectivity index (χ1v) is 7.82. The van der Waals surface area contributed by atoms with E-state index in [9.17, 15) is 9.59 Å². The molecule has 0 saturated heterocycles. The summed E-state index contributed by atoms with van der Waals surface area (Å²) in [6.07, 6.45) is 6.91. The molecule has 2 N–H and O–H groups in total. The molecule has 0 amide bonds. The fraction of sp³-hybridized carbons (Fsp3) is 0.368. The molecule has 6 nitrogen and oxygen atoms in total. The van der Waals surface area contributed by atoms with Gasteiger partial charge >= 0.3 is 11.9 Å². The van der Waals surface area contributed by atoms with Crippen molar-refractivity contribution in [3.05, 3.63) is 60.2 Å². The molecule has 0 aliphatic heterocycles. The molecule has 0 unspecified atom stereocenters. The molecule has 0 bridgehead atoms. The van der Waals surface area contributed by atoms with Gasteiger partial charge in [0.05, 0.1) is 10.8 Å². The molecule has 0 aliphatic rings. The van der Waals surface area contributed by atoms with Gasteiger partial charge in [0.2, 0.25) is 0 Å². The lowest BCUT2D eigenvalue weighted by Gasteiger charge is -2.18. The van der Waals surface area contributed by atoms with E-state index in [0.29, 0.717) is 0 Å². The van der Waals surface area contributed by atoms with Gasteiger partial charge in [0.15, 0.2) is 12.4 Å². The number of rotatable bonds is 4. The van der Waals surface area contributed by atoms with Crippen LogP contribution in [0, 0.1) is 0 Å². The summed E-state index contributed by atoms with van der Waals surface area (Å²) in [7, 11) is 1.88. The Hall–Kier alpha value is -2.76. The molecule has 0 saturated carbocycles. The summed E-state index contributed by atoms with van der Waals surface area (Å²) in [5.41, 5.74) is -0.143. The molecule has 134 valence electrons. The number of pyridine rings is 2. The Morgan fingerprint density at radius 3 is 1.92 bits per heavy atom. The van der Waals surface area contributed by atoms with Crippen LogP contribution >= 0.6 is 0 Å². The average Bonchev–Trinajstić information content (AvgIpc) is 2.56. The van der Waals surface area contributed by atoms with Gasteiger partial charge in [0.1, 0.15) is 7.05 Å². The van der Waals surface area contributed by atoms with E-state index in [2.05, 4.69) is 4.98 Å². The van der Waals surface area contributed by atoms with Crippen LogP contribution in [-0.2, 0) is 27.5 Å². The molecule has 2 aromatic heterocycles. The maximum Gasteiger partial charge on any atom is 0.313 e. The van der Waals surface area contributed by atoms with E-state index >= 15 is 0 Å². The fourth-order valence-electron chi connectivity index (χ4n) is 1.94. The van der Waals surface area contributed by atoms with Crippen LogP contribution in [0.15, 0.2) is 49.1 Å². The van der Waals surface area contributed by atoms with Gasteiger partial charge in [0.25, 0.3) is 0 Å². The van der Waals surface area contributed by atoms with Crippen molar-refractivity contribution in [3.63, 3.8) is 0 Å². The first-order valence-electron chi connectivity index (χ1n) is 7.82. The van der Waals surface area contributed by atoms with Crippen LogP contribution in [0.25, 0.3) is 0 Å². The second-order valence-electron chi connectivity index (χ2n) is 6.86. The van der Waals surface area contributed by atoms with Crippen molar-refractivity contribution in [2.45, 2.75) is 38.5 Å². The van der Waals surface area contributed by atoms with Crippen molar-refractivity contribution >= 4 is 11.9 Å². The van der Waals surface area contributed by atoms with Gasteiger partial charge in [-0.2, -0.15) is 0 Å². The van der Waals surface area contributed by atoms with Crippen LogP contribution in [0.2, 0.25) is 0 Å². The van der Waals surface area contributed by atoms with Crippen LogP contribution in [0.3, 0.4) is 0 Å². The maximum absolute atomic E-state index is 10.9. The Morgan fingerprint density at radius 2 is 1.48 bits per heavy atom. The molecule has 0 fully saturated rings. The molecule has 25 heavy (non-hydrogen) atoms. The van der Waals surface area contributed by atoms with E-state index in [4.69, 9.17) is 10.2 Å². The van der Waals surface area contributed by atoms with Crippen molar-refractivity contribution in [2.75, 3.05) is 0 Å². The van der Waals surface area contributed by atoms with E-state index in [-0.39, 0.29) is 0 Å². The predicted molar refractivity (Wildman–Crippen MR) is 93.2 cm³/mol. The van der Waals surface area contributed by atoms with Gasteiger partial charge in [-0.1, -0.05) is 6.07 Å². The van der Waals surface area contributed by atoms with Gasteiger partial charge in [0, 0.05) is 24.0 Å². The van der Waals surface area contributed by atoms with Crippen molar-refractivity contribution < 1.29 is 24.4 Å². The lowest BCUT2D eigenvalue weighted by atomic mass is 9.86. The molecular formula is C19H25N2O4+. The van der Waals surface area contributed by atoms with Crippen LogP contribution in [0.5, 0.6) is 0 Å². The van der Waals surface area contributed by atoms with E-state index in [0.717, 1.165) is 11.1 Å². The molecule has 6 heteroatoms. The monoisotopic (exact) mass is 345 g/mol. The Balaban J connectivity index is 0.000000251. The van der Waals surface area contributed by atoms with Gasteiger partial charge < -0.3 is 10.2 Å². The van der Waals surface area contributed by atoms with Crippen molar-refractivity contribution in [1.82, 2.24) is 4.98 Å². The fourth-order valence-corrected chi connectivity index (χ4v) is 1.94. The minimum atomic E-state index is -0.853. The molecule has 0 spiro atoms. The highest BCUT2D eigenvalue weighted by molar-refractivity contribution is 5.80. The van der Waals surface area contributed by atoms with Crippen molar-refractivity contribution in [1.29, 1.82) is 0 Å². The first kappa shape index (κ1) is 20.3. The zero-order valence-electron chi connectivity index (χ0n) is 15.2.